The van der Waals surface area contributed by atoms with Crippen molar-refractivity contribution in [2.45, 2.75) is 213 Å². The Kier molecular flexibility index (Phi) is 31.0. The Morgan fingerprint density at radius 3 is 1.41 bits per heavy atom. The molecule has 0 heterocycles. The molecule has 2 N–H and O–H groups in total. The highest BCUT2D eigenvalue weighted by molar-refractivity contribution is 5.76. The number of hydrogen-bond acceptors (Lipinski definition) is 2. The van der Waals surface area contributed by atoms with Gasteiger partial charge in [-0.05, 0) is 44.9 Å². The van der Waals surface area contributed by atoms with Crippen LogP contribution in [0, 0.1) is 0 Å². The van der Waals surface area contributed by atoms with Gasteiger partial charge in [-0.2, -0.15) is 0 Å². The highest BCUT2D eigenvalue weighted by Gasteiger charge is 2.18. The molecule has 0 aromatic rings. The molecule has 39 heavy (non-hydrogen) atoms. The van der Waals surface area contributed by atoms with E-state index >= 15 is 0 Å². The lowest BCUT2D eigenvalue weighted by atomic mass is 10.00. The fourth-order valence-corrected chi connectivity index (χ4v) is 5.50. The molecule has 0 rings (SSSR count). The third-order valence-corrected chi connectivity index (χ3v) is 8.27. The zero-order valence-corrected chi connectivity index (χ0v) is 27.0. The average molecular weight is 550 g/mol. The van der Waals surface area contributed by atoms with Crippen molar-refractivity contribution in [1.29, 1.82) is 0 Å². The lowest BCUT2D eigenvalue weighted by molar-refractivity contribution is -0.122. The zero-order valence-electron chi connectivity index (χ0n) is 27.0. The Balaban J connectivity index is 3.58. The minimum atomic E-state index is -0.408. The maximum absolute atomic E-state index is 12.4. The molecule has 0 aromatic carbocycles. The third-order valence-electron chi connectivity index (χ3n) is 8.27. The number of hydrogen-bond donors (Lipinski definition) is 2. The predicted molar refractivity (Wildman–Crippen MR) is 173 cm³/mol. The van der Waals surface area contributed by atoms with Crippen LogP contribution in [0.5, 0.6) is 0 Å². The molecule has 0 radical (unpaired) electrons. The van der Waals surface area contributed by atoms with E-state index in [-0.39, 0.29) is 11.9 Å². The second kappa shape index (κ2) is 31.7. The summed E-state index contributed by atoms with van der Waals surface area (Å²) < 4.78 is 0. The van der Waals surface area contributed by atoms with Gasteiger partial charge in [-0.3, -0.25) is 4.79 Å². The summed E-state index contributed by atoms with van der Waals surface area (Å²) in [4.78, 5) is 12.4. The first kappa shape index (κ1) is 38.2. The van der Waals surface area contributed by atoms with Crippen molar-refractivity contribution in [3.05, 3.63) is 12.2 Å². The van der Waals surface area contributed by atoms with Crippen LogP contribution in [0.4, 0.5) is 0 Å². The van der Waals surface area contributed by atoms with Crippen LogP contribution in [0.15, 0.2) is 12.2 Å². The van der Waals surface area contributed by atoms with Crippen LogP contribution >= 0.6 is 0 Å². The van der Waals surface area contributed by atoms with Crippen molar-refractivity contribution in [3.8, 4) is 0 Å². The molecular weight excluding hydrogens is 478 g/mol. The van der Waals surface area contributed by atoms with Gasteiger partial charge in [0.2, 0.25) is 5.91 Å². The highest BCUT2D eigenvalue weighted by atomic mass is 16.3. The summed E-state index contributed by atoms with van der Waals surface area (Å²) >= 11 is 0. The van der Waals surface area contributed by atoms with Gasteiger partial charge in [-0.1, -0.05) is 161 Å². The second-order valence-electron chi connectivity index (χ2n) is 12.2. The van der Waals surface area contributed by atoms with Gasteiger partial charge >= 0.3 is 0 Å². The molecule has 1 amide bonds. The smallest absolute Gasteiger partial charge is 0.220 e. The van der Waals surface area contributed by atoms with Gasteiger partial charge in [0.05, 0.1) is 12.1 Å². The predicted octanol–water partition coefficient (Wildman–Crippen LogP) is 11.4. The Morgan fingerprint density at radius 2 is 0.949 bits per heavy atom. The van der Waals surface area contributed by atoms with E-state index in [4.69, 9.17) is 0 Å². The normalized spacial score (nSPS) is 13.2. The van der Waals surface area contributed by atoms with E-state index in [9.17, 15) is 9.90 Å². The van der Waals surface area contributed by atoms with Crippen LogP contribution in [0.2, 0.25) is 0 Å². The van der Waals surface area contributed by atoms with Crippen molar-refractivity contribution >= 4 is 5.91 Å². The third kappa shape index (κ3) is 28.5. The van der Waals surface area contributed by atoms with E-state index in [2.05, 4.69) is 38.2 Å². The highest BCUT2D eigenvalue weighted by Crippen LogP contribution is 2.15. The Hall–Kier alpha value is -0.830. The number of rotatable bonds is 31. The molecule has 0 fully saturated rings. The standard InChI is InChI=1S/C36H71NO2/c1-4-7-9-11-13-15-17-19-20-21-22-24-26-28-30-32-35(38)34(6-3)37-36(39)33-31-29-27-25-23-18-16-14-12-10-8-5-2/h15,17,34-35,38H,4-14,16,18-33H2,1-3H3,(H,37,39)/b17-15-. The van der Waals surface area contributed by atoms with Crippen molar-refractivity contribution in [1.82, 2.24) is 5.32 Å². The molecule has 0 aliphatic heterocycles. The van der Waals surface area contributed by atoms with E-state index in [0.29, 0.717) is 6.42 Å². The van der Waals surface area contributed by atoms with E-state index in [1.807, 2.05) is 0 Å². The number of aliphatic hydroxyl groups excluding tert-OH is 1. The van der Waals surface area contributed by atoms with Crippen LogP contribution in [0.1, 0.15) is 201 Å². The van der Waals surface area contributed by atoms with Crippen molar-refractivity contribution < 1.29 is 9.90 Å². The summed E-state index contributed by atoms with van der Waals surface area (Å²) in [5.41, 5.74) is 0. The Morgan fingerprint density at radius 1 is 0.564 bits per heavy atom. The molecule has 0 aromatic heterocycles. The molecule has 2 atom stereocenters. The summed E-state index contributed by atoms with van der Waals surface area (Å²) in [5, 5.41) is 13.7. The molecule has 0 saturated carbocycles. The topological polar surface area (TPSA) is 49.3 Å². The molecule has 0 saturated heterocycles. The largest absolute Gasteiger partial charge is 0.391 e. The number of carbonyl (C=O) groups is 1. The number of aliphatic hydroxyl groups is 1. The van der Waals surface area contributed by atoms with Crippen molar-refractivity contribution in [3.63, 3.8) is 0 Å². The maximum atomic E-state index is 12.4. The molecular formula is C36H71NO2. The van der Waals surface area contributed by atoms with Crippen LogP contribution < -0.4 is 5.32 Å². The Bertz CT molecular complexity index is 518. The first-order valence-electron chi connectivity index (χ1n) is 17.8. The van der Waals surface area contributed by atoms with E-state index in [1.165, 1.54) is 141 Å². The van der Waals surface area contributed by atoms with Gasteiger partial charge in [-0.15, -0.1) is 0 Å². The van der Waals surface area contributed by atoms with E-state index in [0.717, 1.165) is 32.1 Å². The van der Waals surface area contributed by atoms with Crippen LogP contribution in [0.25, 0.3) is 0 Å². The summed E-state index contributed by atoms with van der Waals surface area (Å²) in [6.45, 7) is 6.61. The summed E-state index contributed by atoms with van der Waals surface area (Å²) in [6.07, 6.45) is 39.1. The molecule has 3 heteroatoms. The van der Waals surface area contributed by atoms with Crippen molar-refractivity contribution in [2.24, 2.45) is 0 Å². The fourth-order valence-electron chi connectivity index (χ4n) is 5.50. The van der Waals surface area contributed by atoms with Crippen LogP contribution in [-0.2, 0) is 4.79 Å². The Labute approximate surface area is 245 Å². The van der Waals surface area contributed by atoms with Crippen molar-refractivity contribution in [2.75, 3.05) is 0 Å². The molecule has 2 unspecified atom stereocenters. The fraction of sp³-hybridized carbons (Fsp3) is 0.917. The second-order valence-corrected chi connectivity index (χ2v) is 12.2. The summed E-state index contributed by atoms with van der Waals surface area (Å²) in [6, 6.07) is -0.0884. The molecule has 3 nitrogen and oxygen atoms in total. The SMILES string of the molecule is CCCCCC/C=C\CCCCCCCCCC(O)C(CC)NC(=O)CCCCCCCCCCCCCC. The van der Waals surface area contributed by atoms with Gasteiger partial charge in [0.1, 0.15) is 0 Å². The van der Waals surface area contributed by atoms with Gasteiger partial charge in [0, 0.05) is 6.42 Å². The number of carbonyl (C=O) groups excluding carboxylic acids is 1. The van der Waals surface area contributed by atoms with E-state index in [1.54, 1.807) is 0 Å². The monoisotopic (exact) mass is 550 g/mol. The van der Waals surface area contributed by atoms with Gasteiger partial charge in [0.15, 0.2) is 0 Å². The number of amides is 1. The molecule has 0 aliphatic rings. The summed E-state index contributed by atoms with van der Waals surface area (Å²) in [7, 11) is 0. The van der Waals surface area contributed by atoms with E-state index < -0.39 is 6.10 Å². The first-order chi connectivity index (χ1) is 19.2. The van der Waals surface area contributed by atoms with Gasteiger partial charge in [0.25, 0.3) is 0 Å². The molecule has 232 valence electrons. The minimum Gasteiger partial charge on any atom is -0.391 e. The number of allylic oxidation sites excluding steroid dienone is 2. The molecule has 0 bridgehead atoms. The molecule has 0 spiro atoms. The molecule has 0 aliphatic carbocycles. The first-order valence-corrected chi connectivity index (χ1v) is 17.8. The van der Waals surface area contributed by atoms with Crippen LogP contribution in [-0.4, -0.2) is 23.2 Å². The van der Waals surface area contributed by atoms with Gasteiger partial charge in [-0.25, -0.2) is 0 Å². The number of unbranched alkanes of at least 4 members (excludes halogenated alkanes) is 22. The quantitative estimate of drug-likeness (QED) is 0.0667. The lowest BCUT2D eigenvalue weighted by Crippen LogP contribution is -2.42. The average Bonchev–Trinajstić information content (AvgIpc) is 2.94. The van der Waals surface area contributed by atoms with Crippen LogP contribution in [0.3, 0.4) is 0 Å². The minimum absolute atomic E-state index is 0.0884. The zero-order chi connectivity index (χ0) is 28.7. The summed E-state index contributed by atoms with van der Waals surface area (Å²) in [5.74, 6) is 0.124. The lowest BCUT2D eigenvalue weighted by Gasteiger charge is -2.23. The maximum Gasteiger partial charge on any atom is 0.220 e. The number of nitrogens with one attached hydrogen (secondary N) is 1. The van der Waals surface area contributed by atoms with Gasteiger partial charge < -0.3 is 10.4 Å².